The molecule has 0 saturated heterocycles. The number of hydrogen-bond acceptors (Lipinski definition) is 5. The van der Waals surface area contributed by atoms with E-state index >= 15 is 0 Å². The van der Waals surface area contributed by atoms with Crippen LogP contribution in [0.1, 0.15) is 50.4 Å². The number of nitrogens with one attached hydrogen (secondary N) is 1. The second-order valence-electron chi connectivity index (χ2n) is 7.44. The van der Waals surface area contributed by atoms with Crippen molar-refractivity contribution in [2.45, 2.75) is 45.6 Å². The van der Waals surface area contributed by atoms with Gasteiger partial charge in [0.05, 0.1) is 12.3 Å². The lowest BCUT2D eigenvalue weighted by atomic mass is 10.1. The molecule has 0 saturated carbocycles. The van der Waals surface area contributed by atoms with Crippen molar-refractivity contribution in [1.82, 2.24) is 10.3 Å². The zero-order chi connectivity index (χ0) is 20.4. The fraction of sp³-hybridized carbons (Fsp3) is 0.409. The third kappa shape index (κ3) is 7.78. The average molecular weight is 384 g/mol. The standard InChI is InChI=1S/C22H28N2O4/c1-22(2,3)28-21(26)23-13-5-4-6-14-27-20-12-8-11-19(24-20)18-10-7-9-17(15-18)16-25/h7-12,15-16H,4-6,13-14H2,1-3H3,(H,23,26). The number of pyridine rings is 1. The maximum atomic E-state index is 11.5. The molecule has 0 aliphatic carbocycles. The molecule has 2 rings (SSSR count). The van der Waals surface area contributed by atoms with Crippen LogP contribution in [0.2, 0.25) is 0 Å². The zero-order valence-electron chi connectivity index (χ0n) is 16.7. The first-order valence-electron chi connectivity index (χ1n) is 9.50. The predicted molar refractivity (Wildman–Crippen MR) is 109 cm³/mol. The van der Waals surface area contributed by atoms with Gasteiger partial charge in [-0.25, -0.2) is 9.78 Å². The van der Waals surface area contributed by atoms with E-state index in [-0.39, 0.29) is 6.09 Å². The molecule has 0 fully saturated rings. The lowest BCUT2D eigenvalue weighted by Crippen LogP contribution is -2.33. The van der Waals surface area contributed by atoms with E-state index in [4.69, 9.17) is 9.47 Å². The summed E-state index contributed by atoms with van der Waals surface area (Å²) in [5.41, 5.74) is 1.78. The summed E-state index contributed by atoms with van der Waals surface area (Å²) in [4.78, 5) is 27.0. The van der Waals surface area contributed by atoms with Crippen molar-refractivity contribution < 1.29 is 19.1 Å². The summed E-state index contributed by atoms with van der Waals surface area (Å²) in [7, 11) is 0. The van der Waals surface area contributed by atoms with Crippen molar-refractivity contribution >= 4 is 12.4 Å². The first kappa shape index (κ1) is 21.4. The van der Waals surface area contributed by atoms with E-state index in [2.05, 4.69) is 10.3 Å². The number of rotatable bonds is 9. The Morgan fingerprint density at radius 1 is 1.11 bits per heavy atom. The topological polar surface area (TPSA) is 77.5 Å². The average Bonchev–Trinajstić information content (AvgIpc) is 2.66. The van der Waals surface area contributed by atoms with Gasteiger partial charge in [-0.3, -0.25) is 4.79 Å². The van der Waals surface area contributed by atoms with Gasteiger partial charge in [0.15, 0.2) is 0 Å². The van der Waals surface area contributed by atoms with Crippen LogP contribution in [0.3, 0.4) is 0 Å². The largest absolute Gasteiger partial charge is 0.478 e. The van der Waals surface area contributed by atoms with Crippen LogP contribution in [0.5, 0.6) is 5.88 Å². The van der Waals surface area contributed by atoms with Crippen LogP contribution in [0.25, 0.3) is 11.3 Å². The second kappa shape index (κ2) is 10.4. The number of benzene rings is 1. The normalized spacial score (nSPS) is 11.0. The molecule has 0 spiro atoms. The molecule has 0 unspecified atom stereocenters. The summed E-state index contributed by atoms with van der Waals surface area (Å²) in [5, 5.41) is 2.74. The van der Waals surface area contributed by atoms with Crippen molar-refractivity contribution in [3.05, 3.63) is 48.0 Å². The quantitative estimate of drug-likeness (QED) is 0.504. The van der Waals surface area contributed by atoms with Crippen molar-refractivity contribution in [2.75, 3.05) is 13.2 Å². The molecule has 1 amide bonds. The summed E-state index contributed by atoms with van der Waals surface area (Å²) >= 11 is 0. The van der Waals surface area contributed by atoms with Crippen LogP contribution in [-0.4, -0.2) is 36.1 Å². The molecular formula is C22H28N2O4. The Balaban J connectivity index is 1.70. The lowest BCUT2D eigenvalue weighted by Gasteiger charge is -2.19. The highest BCUT2D eigenvalue weighted by molar-refractivity contribution is 5.78. The number of nitrogens with zero attached hydrogens (tertiary/aromatic N) is 1. The van der Waals surface area contributed by atoms with Crippen LogP contribution in [0.15, 0.2) is 42.5 Å². The van der Waals surface area contributed by atoms with E-state index in [1.165, 1.54) is 0 Å². The van der Waals surface area contributed by atoms with Crippen LogP contribution in [-0.2, 0) is 4.74 Å². The molecule has 150 valence electrons. The molecule has 6 nitrogen and oxygen atoms in total. The Kier molecular flexibility index (Phi) is 7.99. The van der Waals surface area contributed by atoms with Gasteiger partial charge in [-0.2, -0.15) is 0 Å². The van der Waals surface area contributed by atoms with Gasteiger partial charge < -0.3 is 14.8 Å². The summed E-state index contributed by atoms with van der Waals surface area (Å²) in [6.07, 6.45) is 3.08. The fourth-order valence-corrected chi connectivity index (χ4v) is 2.51. The van der Waals surface area contributed by atoms with Gasteiger partial charge in [-0.15, -0.1) is 0 Å². The molecule has 1 aromatic carbocycles. The minimum absolute atomic E-state index is 0.386. The molecule has 0 aliphatic rings. The Bertz CT molecular complexity index is 784. The maximum absolute atomic E-state index is 11.5. The highest BCUT2D eigenvalue weighted by Gasteiger charge is 2.15. The van der Waals surface area contributed by atoms with Gasteiger partial charge in [-0.1, -0.05) is 24.3 Å². The van der Waals surface area contributed by atoms with Crippen molar-refractivity contribution in [3.63, 3.8) is 0 Å². The van der Waals surface area contributed by atoms with Crippen LogP contribution in [0.4, 0.5) is 4.79 Å². The van der Waals surface area contributed by atoms with E-state index < -0.39 is 5.60 Å². The maximum Gasteiger partial charge on any atom is 0.407 e. The molecule has 2 aromatic rings. The smallest absolute Gasteiger partial charge is 0.407 e. The summed E-state index contributed by atoms with van der Waals surface area (Å²) in [5.74, 6) is 0.556. The number of carbonyl (C=O) groups excluding carboxylic acids is 2. The van der Waals surface area contributed by atoms with E-state index in [0.29, 0.717) is 24.6 Å². The van der Waals surface area contributed by atoms with E-state index in [0.717, 1.165) is 36.8 Å². The third-order valence-electron chi connectivity index (χ3n) is 3.78. The number of ether oxygens (including phenoxy) is 2. The molecule has 1 heterocycles. The Morgan fingerprint density at radius 2 is 1.89 bits per heavy atom. The number of amides is 1. The zero-order valence-corrected chi connectivity index (χ0v) is 16.7. The van der Waals surface area contributed by atoms with E-state index in [1.807, 2.05) is 51.1 Å². The number of hydrogen-bond donors (Lipinski definition) is 1. The summed E-state index contributed by atoms with van der Waals surface area (Å²) in [6, 6.07) is 12.9. The Morgan fingerprint density at radius 3 is 2.64 bits per heavy atom. The van der Waals surface area contributed by atoms with Crippen molar-refractivity contribution in [2.24, 2.45) is 0 Å². The second-order valence-corrected chi connectivity index (χ2v) is 7.44. The van der Waals surface area contributed by atoms with Crippen LogP contribution >= 0.6 is 0 Å². The minimum atomic E-state index is -0.478. The SMILES string of the molecule is CC(C)(C)OC(=O)NCCCCCOc1cccc(-c2cccc(C=O)c2)n1. The van der Waals surface area contributed by atoms with E-state index in [9.17, 15) is 9.59 Å². The lowest BCUT2D eigenvalue weighted by molar-refractivity contribution is 0.0526. The molecule has 0 bridgehead atoms. The van der Waals surface area contributed by atoms with Crippen molar-refractivity contribution in [1.29, 1.82) is 0 Å². The van der Waals surface area contributed by atoms with Gasteiger partial charge in [0.25, 0.3) is 0 Å². The van der Waals surface area contributed by atoms with E-state index in [1.54, 1.807) is 12.1 Å². The molecule has 0 atom stereocenters. The number of carbonyl (C=O) groups is 2. The number of aromatic nitrogens is 1. The van der Waals surface area contributed by atoms with Crippen LogP contribution in [0, 0.1) is 0 Å². The Hall–Kier alpha value is -2.89. The van der Waals surface area contributed by atoms with Gasteiger partial charge >= 0.3 is 6.09 Å². The molecule has 0 aliphatic heterocycles. The number of alkyl carbamates (subject to hydrolysis) is 1. The highest BCUT2D eigenvalue weighted by Crippen LogP contribution is 2.20. The molecular weight excluding hydrogens is 356 g/mol. The molecule has 28 heavy (non-hydrogen) atoms. The highest BCUT2D eigenvalue weighted by atomic mass is 16.6. The van der Waals surface area contributed by atoms with Gasteiger partial charge in [-0.05, 0) is 52.2 Å². The van der Waals surface area contributed by atoms with Gasteiger partial charge in [0, 0.05) is 23.7 Å². The first-order chi connectivity index (χ1) is 13.4. The number of unbranched alkanes of at least 4 members (excludes halogenated alkanes) is 2. The number of aldehydes is 1. The molecule has 1 aromatic heterocycles. The first-order valence-corrected chi connectivity index (χ1v) is 9.50. The summed E-state index contributed by atoms with van der Waals surface area (Å²) in [6.45, 7) is 6.65. The minimum Gasteiger partial charge on any atom is -0.478 e. The molecule has 0 radical (unpaired) electrons. The molecule has 1 N–H and O–H groups in total. The molecule has 6 heteroatoms. The predicted octanol–water partition coefficient (Wildman–Crippen LogP) is 4.63. The summed E-state index contributed by atoms with van der Waals surface area (Å²) < 4.78 is 10.9. The fourth-order valence-electron chi connectivity index (χ4n) is 2.51. The van der Waals surface area contributed by atoms with Crippen molar-refractivity contribution in [3.8, 4) is 17.1 Å². The van der Waals surface area contributed by atoms with Gasteiger partial charge in [0.1, 0.15) is 11.9 Å². The third-order valence-corrected chi connectivity index (χ3v) is 3.78. The monoisotopic (exact) mass is 384 g/mol. The van der Waals surface area contributed by atoms with Gasteiger partial charge in [0.2, 0.25) is 5.88 Å². The van der Waals surface area contributed by atoms with Crippen LogP contribution < -0.4 is 10.1 Å². The Labute approximate surface area is 166 Å².